The first-order valence-corrected chi connectivity index (χ1v) is 9.26. The van der Waals surface area contributed by atoms with E-state index >= 15 is 0 Å². The predicted octanol–water partition coefficient (Wildman–Crippen LogP) is -4.84. The van der Waals surface area contributed by atoms with E-state index in [9.17, 15) is 26.2 Å². The first-order chi connectivity index (χ1) is 8.86. The summed E-state index contributed by atoms with van der Waals surface area (Å²) in [6.45, 7) is 1.72. The van der Waals surface area contributed by atoms with Crippen molar-refractivity contribution in [3.05, 3.63) is 0 Å². The van der Waals surface area contributed by atoms with Gasteiger partial charge in [-0.1, -0.05) is 0 Å². The van der Waals surface area contributed by atoms with E-state index in [4.69, 9.17) is 0 Å². The molecule has 0 spiro atoms. The standard InChI is InChI=1S/C10H20N2O6S2.Na/c1-10(11-9(13)4-5-12(2)3)7-19(14,15)6-8(10)20(16,17)18;/h8H,4-7H2,1-3H3,(H,11,13)(H,16,17,18);/q;+1/p-1. The monoisotopic (exact) mass is 350 g/mol. The molecular formula is C10H19N2NaO6S2. The molecule has 1 amide bonds. The predicted molar refractivity (Wildman–Crippen MR) is 71.9 cm³/mol. The third-order valence-electron chi connectivity index (χ3n) is 3.20. The molecule has 118 valence electrons. The van der Waals surface area contributed by atoms with Crippen molar-refractivity contribution in [3.63, 3.8) is 0 Å². The van der Waals surface area contributed by atoms with Crippen molar-refractivity contribution in [1.29, 1.82) is 0 Å². The van der Waals surface area contributed by atoms with Crippen LogP contribution in [0.3, 0.4) is 0 Å². The van der Waals surface area contributed by atoms with Gasteiger partial charge in [0.05, 0.1) is 22.3 Å². The van der Waals surface area contributed by atoms with Crippen LogP contribution in [0.1, 0.15) is 13.3 Å². The van der Waals surface area contributed by atoms with Crippen LogP contribution >= 0.6 is 0 Å². The molecular weight excluding hydrogens is 331 g/mol. The number of hydrogen-bond donors (Lipinski definition) is 1. The molecule has 1 aliphatic heterocycles. The maximum Gasteiger partial charge on any atom is 1.00 e. The fraction of sp³-hybridized carbons (Fsp3) is 0.900. The van der Waals surface area contributed by atoms with E-state index in [1.807, 2.05) is 0 Å². The Bertz CT molecular complexity index is 589. The number of carbonyl (C=O) groups excluding carboxylic acids is 1. The Morgan fingerprint density at radius 1 is 1.43 bits per heavy atom. The van der Waals surface area contributed by atoms with E-state index in [1.165, 1.54) is 6.92 Å². The normalized spacial score (nSPS) is 28.1. The number of amides is 1. The largest absolute Gasteiger partial charge is 1.00 e. The summed E-state index contributed by atoms with van der Waals surface area (Å²) in [5, 5.41) is 0.749. The molecule has 8 nitrogen and oxygen atoms in total. The van der Waals surface area contributed by atoms with Crippen LogP contribution in [0.15, 0.2) is 0 Å². The Morgan fingerprint density at radius 2 is 1.95 bits per heavy atom. The van der Waals surface area contributed by atoms with E-state index in [1.54, 1.807) is 19.0 Å². The molecule has 0 aromatic heterocycles. The van der Waals surface area contributed by atoms with Crippen LogP contribution < -0.4 is 34.9 Å². The molecule has 2 atom stereocenters. The Balaban J connectivity index is 0.00000400. The van der Waals surface area contributed by atoms with Gasteiger partial charge in [0.1, 0.15) is 10.1 Å². The van der Waals surface area contributed by atoms with Crippen LogP contribution in [-0.2, 0) is 24.7 Å². The SMILES string of the molecule is CN(C)CCC(=O)NC1(C)CS(=O)(=O)CC1S(=O)(=O)[O-].[Na+]. The second-order valence-corrected chi connectivity index (χ2v) is 9.22. The molecule has 11 heteroatoms. The van der Waals surface area contributed by atoms with Crippen LogP contribution in [0.4, 0.5) is 0 Å². The average molecular weight is 350 g/mol. The van der Waals surface area contributed by atoms with Gasteiger partial charge in [0.15, 0.2) is 9.84 Å². The first kappa shape index (κ1) is 21.3. The summed E-state index contributed by atoms with van der Waals surface area (Å²) in [5.74, 6) is -1.77. The maximum atomic E-state index is 11.8. The fourth-order valence-electron chi connectivity index (χ4n) is 2.25. The number of rotatable bonds is 5. The zero-order valence-electron chi connectivity index (χ0n) is 12.6. The molecule has 1 rings (SSSR count). The number of sulfone groups is 1. The topological polar surface area (TPSA) is 124 Å². The third kappa shape index (κ3) is 6.12. The van der Waals surface area contributed by atoms with Crippen molar-refractivity contribution in [1.82, 2.24) is 10.2 Å². The van der Waals surface area contributed by atoms with Gasteiger partial charge < -0.3 is 14.8 Å². The van der Waals surface area contributed by atoms with Crippen LogP contribution in [-0.4, -0.2) is 75.1 Å². The molecule has 0 aromatic rings. The van der Waals surface area contributed by atoms with Gasteiger partial charge in [-0.25, -0.2) is 16.8 Å². The van der Waals surface area contributed by atoms with Gasteiger partial charge in [0, 0.05) is 13.0 Å². The molecule has 1 N–H and O–H groups in total. The Morgan fingerprint density at radius 3 is 2.38 bits per heavy atom. The Hall–Kier alpha value is 0.290. The van der Waals surface area contributed by atoms with Gasteiger partial charge in [0.25, 0.3) is 0 Å². The molecule has 0 radical (unpaired) electrons. The fourth-order valence-corrected chi connectivity index (χ4v) is 6.56. The van der Waals surface area contributed by atoms with E-state index < -0.39 is 48.2 Å². The number of carbonyl (C=O) groups is 1. The van der Waals surface area contributed by atoms with Gasteiger partial charge >= 0.3 is 29.6 Å². The number of nitrogens with zero attached hydrogens (tertiary/aromatic N) is 1. The van der Waals surface area contributed by atoms with Gasteiger partial charge in [-0.3, -0.25) is 4.79 Å². The van der Waals surface area contributed by atoms with Gasteiger partial charge in [-0.15, -0.1) is 0 Å². The third-order valence-corrected chi connectivity index (χ3v) is 6.67. The minimum absolute atomic E-state index is 0. The van der Waals surface area contributed by atoms with Crippen molar-refractivity contribution < 1.29 is 55.7 Å². The van der Waals surface area contributed by atoms with E-state index in [2.05, 4.69) is 5.32 Å². The quantitative estimate of drug-likeness (QED) is 0.390. The second-order valence-electron chi connectivity index (χ2n) is 5.55. The molecule has 1 saturated heterocycles. The van der Waals surface area contributed by atoms with Gasteiger partial charge in [0.2, 0.25) is 5.91 Å². The molecule has 1 aliphatic rings. The van der Waals surface area contributed by atoms with Crippen molar-refractivity contribution >= 4 is 25.9 Å². The molecule has 21 heavy (non-hydrogen) atoms. The number of hydrogen-bond acceptors (Lipinski definition) is 7. The summed E-state index contributed by atoms with van der Waals surface area (Å²) in [6.07, 6.45) is 0.0915. The summed E-state index contributed by atoms with van der Waals surface area (Å²) in [4.78, 5) is 13.5. The molecule has 2 unspecified atom stereocenters. The Kier molecular flexibility index (Phi) is 7.34. The molecule has 0 aromatic carbocycles. The average Bonchev–Trinajstić information content (AvgIpc) is 2.45. The van der Waals surface area contributed by atoms with Crippen LogP contribution in [0.2, 0.25) is 0 Å². The first-order valence-electron chi connectivity index (χ1n) is 5.97. The van der Waals surface area contributed by atoms with Crippen molar-refractivity contribution in [2.75, 3.05) is 32.1 Å². The zero-order valence-corrected chi connectivity index (χ0v) is 16.3. The van der Waals surface area contributed by atoms with Crippen LogP contribution in [0, 0.1) is 0 Å². The summed E-state index contributed by atoms with van der Waals surface area (Å²) in [6, 6.07) is 0. The minimum Gasteiger partial charge on any atom is -0.748 e. The molecule has 0 bridgehead atoms. The second kappa shape index (κ2) is 7.24. The van der Waals surface area contributed by atoms with Gasteiger partial charge in [-0.2, -0.15) is 0 Å². The van der Waals surface area contributed by atoms with Gasteiger partial charge in [-0.05, 0) is 21.0 Å². The maximum absolute atomic E-state index is 11.8. The number of nitrogens with one attached hydrogen (secondary N) is 1. The smallest absolute Gasteiger partial charge is 0.748 e. The van der Waals surface area contributed by atoms with E-state index in [-0.39, 0.29) is 36.0 Å². The minimum atomic E-state index is -4.81. The molecule has 1 fully saturated rings. The van der Waals surface area contributed by atoms with Crippen LogP contribution in [0.25, 0.3) is 0 Å². The van der Waals surface area contributed by atoms with E-state index in [0.29, 0.717) is 6.54 Å². The molecule has 1 heterocycles. The van der Waals surface area contributed by atoms with E-state index in [0.717, 1.165) is 0 Å². The van der Waals surface area contributed by atoms with Crippen molar-refractivity contribution in [2.24, 2.45) is 0 Å². The molecule has 0 saturated carbocycles. The summed E-state index contributed by atoms with van der Waals surface area (Å²) >= 11 is 0. The summed E-state index contributed by atoms with van der Waals surface area (Å²) in [5.41, 5.74) is -1.57. The van der Waals surface area contributed by atoms with Crippen molar-refractivity contribution in [3.8, 4) is 0 Å². The summed E-state index contributed by atoms with van der Waals surface area (Å²) < 4.78 is 56.8. The Labute approximate surface area is 147 Å². The van der Waals surface area contributed by atoms with Crippen molar-refractivity contribution in [2.45, 2.75) is 24.1 Å². The summed E-state index contributed by atoms with van der Waals surface area (Å²) in [7, 11) is -4.95. The zero-order chi connectivity index (χ0) is 15.8. The molecule has 0 aliphatic carbocycles. The van der Waals surface area contributed by atoms with Crippen LogP contribution in [0.5, 0.6) is 0 Å².